The predicted octanol–water partition coefficient (Wildman–Crippen LogP) is 1.31. The van der Waals surface area contributed by atoms with Gasteiger partial charge in [-0.1, -0.05) is 20.8 Å². The molecule has 1 unspecified atom stereocenters. The third kappa shape index (κ3) is 2.85. The number of amides is 1. The SMILES string of the molecule is CN(C1CN(c2ccc3nnc(C(C)(C)C)n3n2)C1)C1CCN(C2CC2)C1=O. The largest absolute Gasteiger partial charge is 0.352 e. The maximum absolute atomic E-state index is 12.7. The zero-order chi connectivity index (χ0) is 19.6. The zero-order valence-corrected chi connectivity index (χ0v) is 17.2. The molecule has 2 aromatic heterocycles. The summed E-state index contributed by atoms with van der Waals surface area (Å²) in [5.41, 5.74) is 0.665. The normalized spacial score (nSPS) is 23.9. The van der Waals surface area contributed by atoms with E-state index < -0.39 is 0 Å². The molecule has 3 aliphatic rings. The molecule has 0 bridgehead atoms. The van der Waals surface area contributed by atoms with Crippen LogP contribution in [0.5, 0.6) is 0 Å². The summed E-state index contributed by atoms with van der Waals surface area (Å²) < 4.78 is 1.86. The predicted molar refractivity (Wildman–Crippen MR) is 106 cm³/mol. The van der Waals surface area contributed by atoms with Gasteiger partial charge in [0.15, 0.2) is 11.5 Å². The van der Waals surface area contributed by atoms with Gasteiger partial charge >= 0.3 is 0 Å². The van der Waals surface area contributed by atoms with Gasteiger partial charge in [0.1, 0.15) is 5.82 Å². The third-order valence-corrected chi connectivity index (χ3v) is 6.37. The molecule has 5 rings (SSSR count). The van der Waals surface area contributed by atoms with Crippen molar-refractivity contribution in [2.75, 3.05) is 31.6 Å². The summed E-state index contributed by atoms with van der Waals surface area (Å²) in [5.74, 6) is 2.15. The molecule has 0 spiro atoms. The van der Waals surface area contributed by atoms with Crippen LogP contribution < -0.4 is 4.90 Å². The van der Waals surface area contributed by atoms with E-state index in [1.54, 1.807) is 0 Å². The summed E-state index contributed by atoms with van der Waals surface area (Å²) in [7, 11) is 2.11. The molecule has 4 heterocycles. The Labute approximate surface area is 165 Å². The fourth-order valence-electron chi connectivity index (χ4n) is 4.38. The van der Waals surface area contributed by atoms with Gasteiger partial charge in [0.2, 0.25) is 5.91 Å². The molecule has 1 atom stereocenters. The second-order valence-electron chi connectivity index (χ2n) is 9.53. The molecule has 150 valence electrons. The number of nitrogens with zero attached hydrogens (tertiary/aromatic N) is 7. The second-order valence-corrected chi connectivity index (χ2v) is 9.53. The van der Waals surface area contributed by atoms with Crippen LogP contribution in [-0.4, -0.2) is 80.3 Å². The molecular weight excluding hydrogens is 354 g/mol. The highest BCUT2D eigenvalue weighted by Crippen LogP contribution is 2.33. The van der Waals surface area contributed by atoms with Crippen molar-refractivity contribution in [2.24, 2.45) is 0 Å². The minimum Gasteiger partial charge on any atom is -0.352 e. The number of hydrogen-bond acceptors (Lipinski definition) is 6. The van der Waals surface area contributed by atoms with Crippen molar-refractivity contribution < 1.29 is 4.79 Å². The van der Waals surface area contributed by atoms with Crippen LogP contribution in [0.15, 0.2) is 12.1 Å². The number of aromatic nitrogens is 4. The van der Waals surface area contributed by atoms with E-state index in [-0.39, 0.29) is 11.5 Å². The lowest BCUT2D eigenvalue weighted by Crippen LogP contribution is -2.62. The van der Waals surface area contributed by atoms with E-state index in [2.05, 4.69) is 52.7 Å². The summed E-state index contributed by atoms with van der Waals surface area (Å²) in [6, 6.07) is 4.97. The standard InChI is InChI=1S/C20H29N7O/c1-20(2,3)19-22-21-16-7-8-17(23-27(16)19)25-11-14(12-25)24(4)15-9-10-26(18(15)28)13-5-6-13/h7-8,13-15H,5-6,9-12H2,1-4H3. The Morgan fingerprint density at radius 2 is 1.86 bits per heavy atom. The maximum atomic E-state index is 12.7. The van der Waals surface area contributed by atoms with Crippen molar-refractivity contribution in [2.45, 2.75) is 63.6 Å². The first-order valence-corrected chi connectivity index (χ1v) is 10.3. The van der Waals surface area contributed by atoms with Crippen LogP contribution in [0.25, 0.3) is 5.65 Å². The average molecular weight is 384 g/mol. The first-order chi connectivity index (χ1) is 13.3. The lowest BCUT2D eigenvalue weighted by molar-refractivity contribution is -0.133. The highest BCUT2D eigenvalue weighted by molar-refractivity contribution is 5.84. The summed E-state index contributed by atoms with van der Waals surface area (Å²) in [4.78, 5) is 19.4. The zero-order valence-electron chi connectivity index (χ0n) is 17.2. The number of carbonyl (C=O) groups excluding carboxylic acids is 1. The molecule has 3 fully saturated rings. The molecule has 8 nitrogen and oxygen atoms in total. The maximum Gasteiger partial charge on any atom is 0.240 e. The first-order valence-electron chi connectivity index (χ1n) is 10.3. The van der Waals surface area contributed by atoms with Gasteiger partial charge in [-0.25, -0.2) is 0 Å². The van der Waals surface area contributed by atoms with Crippen molar-refractivity contribution >= 4 is 17.4 Å². The van der Waals surface area contributed by atoms with E-state index in [1.165, 1.54) is 12.8 Å². The first kappa shape index (κ1) is 17.8. The van der Waals surface area contributed by atoms with Crippen LogP contribution in [0.1, 0.15) is 45.9 Å². The minimum absolute atomic E-state index is 0.0496. The minimum atomic E-state index is -0.112. The number of anilines is 1. The van der Waals surface area contributed by atoms with Gasteiger partial charge < -0.3 is 9.80 Å². The van der Waals surface area contributed by atoms with E-state index in [9.17, 15) is 4.79 Å². The highest BCUT2D eigenvalue weighted by atomic mass is 16.2. The number of fused-ring (bicyclic) bond motifs is 1. The van der Waals surface area contributed by atoms with Gasteiger partial charge in [-0.05, 0) is 38.4 Å². The molecule has 28 heavy (non-hydrogen) atoms. The van der Waals surface area contributed by atoms with Crippen molar-refractivity contribution in [1.82, 2.24) is 29.6 Å². The van der Waals surface area contributed by atoms with Gasteiger partial charge in [-0.3, -0.25) is 9.69 Å². The molecule has 2 aliphatic heterocycles. The fourth-order valence-corrected chi connectivity index (χ4v) is 4.38. The molecule has 1 amide bonds. The van der Waals surface area contributed by atoms with Crippen LogP contribution in [0.2, 0.25) is 0 Å². The molecular formula is C20H29N7O. The van der Waals surface area contributed by atoms with Gasteiger partial charge in [0, 0.05) is 37.1 Å². The van der Waals surface area contributed by atoms with E-state index in [0.29, 0.717) is 18.0 Å². The van der Waals surface area contributed by atoms with Crippen molar-refractivity contribution in [3.63, 3.8) is 0 Å². The summed E-state index contributed by atoms with van der Waals surface area (Å²) in [5, 5.41) is 13.4. The Kier molecular flexibility index (Phi) is 3.91. The summed E-state index contributed by atoms with van der Waals surface area (Å²) in [6.45, 7) is 9.09. The molecule has 2 saturated heterocycles. The average Bonchev–Trinajstić information content (AvgIpc) is 3.21. The number of hydrogen-bond donors (Lipinski definition) is 0. The van der Waals surface area contributed by atoms with E-state index >= 15 is 0 Å². The number of rotatable bonds is 4. The van der Waals surface area contributed by atoms with Gasteiger partial charge in [-0.2, -0.15) is 4.52 Å². The van der Waals surface area contributed by atoms with Gasteiger partial charge in [0.05, 0.1) is 6.04 Å². The Balaban J connectivity index is 1.27. The van der Waals surface area contributed by atoms with Crippen molar-refractivity contribution in [1.29, 1.82) is 0 Å². The molecule has 0 radical (unpaired) electrons. The topological polar surface area (TPSA) is 69.9 Å². The van der Waals surface area contributed by atoms with Crippen LogP contribution in [0, 0.1) is 0 Å². The van der Waals surface area contributed by atoms with Gasteiger partial charge in [0.25, 0.3) is 0 Å². The number of carbonyl (C=O) groups is 1. The second kappa shape index (κ2) is 6.14. The molecule has 8 heteroatoms. The van der Waals surface area contributed by atoms with E-state index in [4.69, 9.17) is 5.10 Å². The van der Waals surface area contributed by atoms with Gasteiger partial charge in [-0.15, -0.1) is 15.3 Å². The lowest BCUT2D eigenvalue weighted by atomic mass is 9.96. The van der Waals surface area contributed by atoms with Crippen LogP contribution in [-0.2, 0) is 10.2 Å². The Morgan fingerprint density at radius 3 is 2.54 bits per heavy atom. The van der Waals surface area contributed by atoms with Crippen molar-refractivity contribution in [3.8, 4) is 0 Å². The molecule has 1 saturated carbocycles. The smallest absolute Gasteiger partial charge is 0.240 e. The van der Waals surface area contributed by atoms with Crippen LogP contribution in [0.4, 0.5) is 5.82 Å². The number of likely N-dealkylation sites (N-methyl/N-ethyl adjacent to an activating group) is 1. The van der Waals surface area contributed by atoms with Crippen LogP contribution >= 0.6 is 0 Å². The Hall–Kier alpha value is -2.22. The Morgan fingerprint density at radius 1 is 1.11 bits per heavy atom. The van der Waals surface area contributed by atoms with Crippen molar-refractivity contribution in [3.05, 3.63) is 18.0 Å². The molecule has 0 aromatic carbocycles. The lowest BCUT2D eigenvalue weighted by Gasteiger charge is -2.46. The summed E-state index contributed by atoms with van der Waals surface area (Å²) in [6.07, 6.45) is 3.34. The van der Waals surface area contributed by atoms with E-state index in [1.807, 2.05) is 16.6 Å². The fraction of sp³-hybridized carbons (Fsp3) is 0.700. The quantitative estimate of drug-likeness (QED) is 0.793. The molecule has 1 aliphatic carbocycles. The molecule has 0 N–H and O–H groups in total. The monoisotopic (exact) mass is 383 g/mol. The molecule has 2 aromatic rings. The van der Waals surface area contributed by atoms with Crippen LogP contribution in [0.3, 0.4) is 0 Å². The summed E-state index contributed by atoms with van der Waals surface area (Å²) >= 11 is 0. The van der Waals surface area contributed by atoms with E-state index in [0.717, 1.165) is 43.3 Å². The Bertz CT molecular complexity index is 907. The number of likely N-dealkylation sites (tertiary alicyclic amines) is 1. The highest BCUT2D eigenvalue weighted by Gasteiger charge is 2.45. The third-order valence-electron chi connectivity index (χ3n) is 6.37.